The van der Waals surface area contributed by atoms with Gasteiger partial charge < -0.3 is 5.11 Å². The van der Waals surface area contributed by atoms with Crippen molar-refractivity contribution in [2.24, 2.45) is 0 Å². The van der Waals surface area contributed by atoms with Crippen LogP contribution in [0.3, 0.4) is 0 Å². The highest BCUT2D eigenvalue weighted by Gasteiger charge is 2.24. The van der Waals surface area contributed by atoms with Crippen LogP contribution in [0.5, 0.6) is 0 Å². The molecule has 1 aliphatic carbocycles. The van der Waals surface area contributed by atoms with Gasteiger partial charge in [-0.05, 0) is 41.4 Å². The molecule has 0 heterocycles. The van der Waals surface area contributed by atoms with E-state index >= 15 is 0 Å². The van der Waals surface area contributed by atoms with Gasteiger partial charge in [0.2, 0.25) is 0 Å². The highest BCUT2D eigenvalue weighted by molar-refractivity contribution is 5.38. The normalized spacial score (nSPS) is 18.0. The standard InChI is InChI=1S/C16H22O/c1-16(2,3)14-11-7-6-10-13(14)15(17)12-8-4-5-9-12/h6-8,10-11,15,17H,4-5,9H2,1-3H3. The zero-order valence-electron chi connectivity index (χ0n) is 11.0. The molecule has 0 saturated carbocycles. The van der Waals surface area contributed by atoms with Gasteiger partial charge in [-0.25, -0.2) is 0 Å². The largest absolute Gasteiger partial charge is 0.384 e. The Morgan fingerprint density at radius 2 is 1.88 bits per heavy atom. The lowest BCUT2D eigenvalue weighted by Crippen LogP contribution is -2.16. The first-order valence-corrected chi connectivity index (χ1v) is 6.46. The third kappa shape index (κ3) is 2.61. The molecule has 2 rings (SSSR count). The van der Waals surface area contributed by atoms with Gasteiger partial charge in [0, 0.05) is 0 Å². The third-order valence-electron chi connectivity index (χ3n) is 3.49. The van der Waals surface area contributed by atoms with E-state index in [-0.39, 0.29) is 5.41 Å². The minimum atomic E-state index is -0.409. The molecule has 0 saturated heterocycles. The van der Waals surface area contributed by atoms with Gasteiger partial charge >= 0.3 is 0 Å². The molecule has 0 fully saturated rings. The summed E-state index contributed by atoms with van der Waals surface area (Å²) < 4.78 is 0. The second kappa shape index (κ2) is 4.66. The van der Waals surface area contributed by atoms with Gasteiger partial charge in [0.15, 0.2) is 0 Å². The average Bonchev–Trinajstić information content (AvgIpc) is 2.80. The molecule has 1 atom stereocenters. The van der Waals surface area contributed by atoms with Crippen molar-refractivity contribution in [3.05, 3.63) is 47.0 Å². The average molecular weight is 230 g/mol. The van der Waals surface area contributed by atoms with Gasteiger partial charge in [0.25, 0.3) is 0 Å². The van der Waals surface area contributed by atoms with E-state index in [9.17, 15) is 5.11 Å². The van der Waals surface area contributed by atoms with Crippen LogP contribution in [-0.2, 0) is 5.41 Å². The molecule has 1 heteroatoms. The molecule has 0 spiro atoms. The maximum absolute atomic E-state index is 10.5. The zero-order chi connectivity index (χ0) is 12.5. The Morgan fingerprint density at radius 3 is 2.47 bits per heavy atom. The zero-order valence-corrected chi connectivity index (χ0v) is 11.0. The van der Waals surface area contributed by atoms with Crippen LogP contribution in [0.15, 0.2) is 35.9 Å². The maximum atomic E-state index is 10.5. The van der Waals surface area contributed by atoms with Gasteiger partial charge in [-0.3, -0.25) is 0 Å². The van der Waals surface area contributed by atoms with Crippen LogP contribution in [0.1, 0.15) is 57.3 Å². The summed E-state index contributed by atoms with van der Waals surface area (Å²) in [5.41, 5.74) is 3.60. The van der Waals surface area contributed by atoms with Crippen LogP contribution in [0, 0.1) is 0 Å². The molecule has 1 aliphatic rings. The van der Waals surface area contributed by atoms with Gasteiger partial charge in [0.1, 0.15) is 6.10 Å². The van der Waals surface area contributed by atoms with E-state index in [1.54, 1.807) is 0 Å². The van der Waals surface area contributed by atoms with Crippen molar-refractivity contribution in [1.82, 2.24) is 0 Å². The van der Waals surface area contributed by atoms with Crippen molar-refractivity contribution in [2.75, 3.05) is 0 Å². The second-order valence-corrected chi connectivity index (χ2v) is 5.91. The van der Waals surface area contributed by atoms with Gasteiger partial charge in [-0.1, -0.05) is 51.1 Å². The van der Waals surface area contributed by atoms with E-state index in [0.717, 1.165) is 18.4 Å². The molecule has 0 aromatic heterocycles. The van der Waals surface area contributed by atoms with Crippen LogP contribution in [0.4, 0.5) is 0 Å². The van der Waals surface area contributed by atoms with E-state index in [1.807, 2.05) is 6.07 Å². The van der Waals surface area contributed by atoms with Crippen molar-refractivity contribution in [1.29, 1.82) is 0 Å². The lowest BCUT2D eigenvalue weighted by Gasteiger charge is -2.25. The fraction of sp³-hybridized carbons (Fsp3) is 0.500. The molecule has 0 radical (unpaired) electrons. The van der Waals surface area contributed by atoms with Crippen molar-refractivity contribution in [3.63, 3.8) is 0 Å². The summed E-state index contributed by atoms with van der Waals surface area (Å²) in [5, 5.41) is 10.5. The molecule has 1 aromatic rings. The van der Waals surface area contributed by atoms with Crippen LogP contribution in [0.25, 0.3) is 0 Å². The fourth-order valence-electron chi connectivity index (χ4n) is 2.56. The fourth-order valence-corrected chi connectivity index (χ4v) is 2.56. The van der Waals surface area contributed by atoms with Crippen molar-refractivity contribution < 1.29 is 5.11 Å². The number of allylic oxidation sites excluding steroid dienone is 1. The van der Waals surface area contributed by atoms with E-state index in [0.29, 0.717) is 0 Å². The first-order valence-electron chi connectivity index (χ1n) is 6.46. The molecule has 17 heavy (non-hydrogen) atoms. The summed E-state index contributed by atoms with van der Waals surface area (Å²) in [6.45, 7) is 6.59. The Kier molecular flexibility index (Phi) is 3.39. The quantitative estimate of drug-likeness (QED) is 0.757. The molecule has 1 nitrogen and oxygen atoms in total. The van der Waals surface area contributed by atoms with Crippen LogP contribution in [-0.4, -0.2) is 5.11 Å². The maximum Gasteiger partial charge on any atom is 0.100 e. The van der Waals surface area contributed by atoms with Gasteiger partial charge in [-0.2, -0.15) is 0 Å². The summed E-state index contributed by atoms with van der Waals surface area (Å²) in [6.07, 6.45) is 5.13. The highest BCUT2D eigenvalue weighted by Crippen LogP contribution is 2.36. The number of rotatable bonds is 2. The number of aliphatic hydroxyl groups is 1. The summed E-state index contributed by atoms with van der Waals surface area (Å²) in [6, 6.07) is 8.27. The summed E-state index contributed by atoms with van der Waals surface area (Å²) in [4.78, 5) is 0. The Balaban J connectivity index is 2.38. The minimum Gasteiger partial charge on any atom is -0.384 e. The second-order valence-electron chi connectivity index (χ2n) is 5.91. The third-order valence-corrected chi connectivity index (χ3v) is 3.49. The number of hydrogen-bond acceptors (Lipinski definition) is 1. The summed E-state index contributed by atoms with van der Waals surface area (Å²) in [5.74, 6) is 0. The lowest BCUT2D eigenvalue weighted by molar-refractivity contribution is 0.210. The predicted octanol–water partition coefficient (Wildman–Crippen LogP) is 4.13. The molecule has 1 unspecified atom stereocenters. The minimum absolute atomic E-state index is 0.0801. The Bertz CT molecular complexity index is 423. The van der Waals surface area contributed by atoms with E-state index in [2.05, 4.69) is 45.0 Å². The monoisotopic (exact) mass is 230 g/mol. The van der Waals surface area contributed by atoms with Gasteiger partial charge in [-0.15, -0.1) is 0 Å². The number of aliphatic hydroxyl groups excluding tert-OH is 1. The lowest BCUT2D eigenvalue weighted by atomic mass is 9.81. The molecular weight excluding hydrogens is 208 g/mol. The first kappa shape index (κ1) is 12.4. The van der Waals surface area contributed by atoms with Crippen molar-refractivity contribution in [3.8, 4) is 0 Å². The number of hydrogen-bond donors (Lipinski definition) is 1. The highest BCUT2D eigenvalue weighted by atomic mass is 16.3. The molecule has 92 valence electrons. The molecule has 1 N–H and O–H groups in total. The molecule has 0 bridgehead atoms. The van der Waals surface area contributed by atoms with Crippen molar-refractivity contribution >= 4 is 0 Å². The Labute approximate surface area is 104 Å². The van der Waals surface area contributed by atoms with E-state index in [1.165, 1.54) is 17.6 Å². The smallest absolute Gasteiger partial charge is 0.100 e. The topological polar surface area (TPSA) is 20.2 Å². The van der Waals surface area contributed by atoms with Crippen molar-refractivity contribution in [2.45, 2.75) is 51.6 Å². The Morgan fingerprint density at radius 1 is 1.18 bits per heavy atom. The first-order chi connectivity index (χ1) is 8.00. The molecular formula is C16H22O. The SMILES string of the molecule is CC(C)(C)c1ccccc1C(O)C1=CCCC1. The van der Waals surface area contributed by atoms with E-state index in [4.69, 9.17) is 0 Å². The molecule has 1 aromatic carbocycles. The van der Waals surface area contributed by atoms with Gasteiger partial charge in [0.05, 0.1) is 0 Å². The van der Waals surface area contributed by atoms with Crippen LogP contribution < -0.4 is 0 Å². The molecule has 0 aliphatic heterocycles. The van der Waals surface area contributed by atoms with E-state index < -0.39 is 6.10 Å². The predicted molar refractivity (Wildman–Crippen MR) is 72.0 cm³/mol. The summed E-state index contributed by atoms with van der Waals surface area (Å²) >= 11 is 0. The number of benzene rings is 1. The Hall–Kier alpha value is -1.08. The summed E-state index contributed by atoms with van der Waals surface area (Å²) in [7, 11) is 0. The van der Waals surface area contributed by atoms with Crippen LogP contribution >= 0.6 is 0 Å². The molecule has 0 amide bonds. The van der Waals surface area contributed by atoms with Crippen LogP contribution in [0.2, 0.25) is 0 Å².